The van der Waals surface area contributed by atoms with Gasteiger partial charge >= 0.3 is 0 Å². The minimum atomic E-state index is -0.450. The van der Waals surface area contributed by atoms with Crippen LogP contribution in [-0.4, -0.2) is 41.1 Å². The van der Waals surface area contributed by atoms with Gasteiger partial charge in [-0.1, -0.05) is 61.9 Å². The minimum Gasteiger partial charge on any atom is -0.352 e. The highest BCUT2D eigenvalue weighted by Gasteiger charge is 2.28. The summed E-state index contributed by atoms with van der Waals surface area (Å²) in [6.07, 6.45) is 2.19. The topological polar surface area (TPSA) is 49.4 Å². The Morgan fingerprint density at radius 1 is 1.00 bits per heavy atom. The fourth-order valence-electron chi connectivity index (χ4n) is 3.20. The first-order valence-electron chi connectivity index (χ1n) is 10.8. The van der Waals surface area contributed by atoms with Gasteiger partial charge in [-0.2, -0.15) is 0 Å². The number of aryl methyl sites for hydroxylation is 1. The Labute approximate surface area is 185 Å². The monoisotopic (exact) mass is 426 g/mol. The van der Waals surface area contributed by atoms with Crippen LogP contribution in [0.15, 0.2) is 59.5 Å². The summed E-state index contributed by atoms with van der Waals surface area (Å²) in [6, 6.07) is 17.9. The number of hydrogen-bond donors (Lipinski definition) is 1. The van der Waals surface area contributed by atoms with Crippen molar-refractivity contribution in [2.45, 2.75) is 63.9 Å². The molecule has 2 rings (SSSR count). The number of carbonyl (C=O) groups excluding carboxylic acids is 2. The predicted octanol–water partition coefficient (Wildman–Crippen LogP) is 4.85. The van der Waals surface area contributed by atoms with E-state index in [1.807, 2.05) is 58.0 Å². The first-order chi connectivity index (χ1) is 14.4. The number of thioether (sulfide) groups is 1. The first-order valence-corrected chi connectivity index (χ1v) is 11.8. The molecule has 0 bridgehead atoms. The Bertz CT molecular complexity index is 793. The Morgan fingerprint density at radius 2 is 1.67 bits per heavy atom. The highest BCUT2D eigenvalue weighted by Crippen LogP contribution is 2.20. The van der Waals surface area contributed by atoms with Gasteiger partial charge in [-0.15, -0.1) is 11.8 Å². The molecule has 1 N–H and O–H groups in total. The summed E-state index contributed by atoms with van der Waals surface area (Å²) in [6.45, 7) is 8.59. The summed E-state index contributed by atoms with van der Waals surface area (Å²) in [7, 11) is 0. The van der Waals surface area contributed by atoms with E-state index in [2.05, 4.69) is 29.6 Å². The van der Waals surface area contributed by atoms with E-state index in [9.17, 15) is 9.59 Å². The molecule has 0 heterocycles. The van der Waals surface area contributed by atoms with Gasteiger partial charge in [-0.3, -0.25) is 9.59 Å². The van der Waals surface area contributed by atoms with Crippen LogP contribution in [0.2, 0.25) is 0 Å². The van der Waals surface area contributed by atoms with Crippen molar-refractivity contribution in [3.05, 3.63) is 65.7 Å². The SMILES string of the molecule is CC[C@@H](C)NC(=O)[C@@H](CC)N(CCc1ccccc1)C(=O)CSc1ccc(C)cc1. The number of amides is 2. The van der Waals surface area contributed by atoms with Crippen LogP contribution in [0.3, 0.4) is 0 Å². The molecule has 0 aliphatic rings. The summed E-state index contributed by atoms with van der Waals surface area (Å²) in [5, 5.41) is 3.05. The van der Waals surface area contributed by atoms with Crippen molar-refractivity contribution in [3.8, 4) is 0 Å². The molecule has 0 radical (unpaired) electrons. The average molecular weight is 427 g/mol. The zero-order chi connectivity index (χ0) is 21.9. The van der Waals surface area contributed by atoms with Gasteiger partial charge in [0.2, 0.25) is 11.8 Å². The summed E-state index contributed by atoms with van der Waals surface area (Å²) in [5.74, 6) is 0.265. The van der Waals surface area contributed by atoms with E-state index in [1.54, 1.807) is 4.90 Å². The molecule has 0 saturated carbocycles. The normalized spacial score (nSPS) is 12.8. The van der Waals surface area contributed by atoms with E-state index < -0.39 is 6.04 Å². The van der Waals surface area contributed by atoms with Crippen LogP contribution in [0.5, 0.6) is 0 Å². The van der Waals surface area contributed by atoms with Gasteiger partial charge in [-0.05, 0) is 50.8 Å². The second kappa shape index (κ2) is 12.4. The number of nitrogens with one attached hydrogen (secondary N) is 1. The molecule has 5 heteroatoms. The van der Waals surface area contributed by atoms with E-state index in [-0.39, 0.29) is 17.9 Å². The molecule has 2 aromatic rings. The quantitative estimate of drug-likeness (QED) is 0.523. The fourth-order valence-corrected chi connectivity index (χ4v) is 3.98. The lowest BCUT2D eigenvalue weighted by molar-refractivity contribution is -0.139. The number of rotatable bonds is 11. The Hall–Kier alpha value is -2.27. The molecule has 162 valence electrons. The van der Waals surface area contributed by atoms with Crippen molar-refractivity contribution < 1.29 is 9.59 Å². The number of benzene rings is 2. The summed E-state index contributed by atoms with van der Waals surface area (Å²) < 4.78 is 0. The Morgan fingerprint density at radius 3 is 2.27 bits per heavy atom. The Kier molecular flexibility index (Phi) is 9.95. The van der Waals surface area contributed by atoms with Crippen LogP contribution >= 0.6 is 11.8 Å². The third-order valence-corrected chi connectivity index (χ3v) is 6.25. The lowest BCUT2D eigenvalue weighted by Crippen LogP contribution is -2.52. The lowest BCUT2D eigenvalue weighted by Gasteiger charge is -2.31. The summed E-state index contributed by atoms with van der Waals surface area (Å²) in [4.78, 5) is 28.9. The first kappa shape index (κ1) is 24.0. The van der Waals surface area contributed by atoms with Crippen molar-refractivity contribution in [1.29, 1.82) is 0 Å². The van der Waals surface area contributed by atoms with Crippen LogP contribution in [-0.2, 0) is 16.0 Å². The van der Waals surface area contributed by atoms with E-state index in [0.29, 0.717) is 18.7 Å². The van der Waals surface area contributed by atoms with E-state index in [0.717, 1.165) is 17.7 Å². The molecule has 0 aliphatic heterocycles. The maximum atomic E-state index is 13.2. The van der Waals surface area contributed by atoms with Gasteiger partial charge in [0.15, 0.2) is 0 Å². The second-order valence-electron chi connectivity index (χ2n) is 7.67. The van der Waals surface area contributed by atoms with Crippen LogP contribution in [0.25, 0.3) is 0 Å². The van der Waals surface area contributed by atoms with Crippen molar-refractivity contribution in [1.82, 2.24) is 10.2 Å². The highest BCUT2D eigenvalue weighted by atomic mass is 32.2. The lowest BCUT2D eigenvalue weighted by atomic mass is 10.1. The smallest absolute Gasteiger partial charge is 0.243 e. The molecular weight excluding hydrogens is 392 g/mol. The number of nitrogens with zero attached hydrogens (tertiary/aromatic N) is 1. The van der Waals surface area contributed by atoms with Crippen molar-refractivity contribution >= 4 is 23.6 Å². The maximum Gasteiger partial charge on any atom is 0.243 e. The molecule has 4 nitrogen and oxygen atoms in total. The van der Waals surface area contributed by atoms with Crippen LogP contribution in [0.4, 0.5) is 0 Å². The average Bonchev–Trinajstić information content (AvgIpc) is 2.76. The van der Waals surface area contributed by atoms with E-state index >= 15 is 0 Å². The molecule has 0 saturated heterocycles. The zero-order valence-corrected chi connectivity index (χ0v) is 19.4. The molecule has 0 fully saturated rings. The van der Waals surface area contributed by atoms with Crippen LogP contribution in [0.1, 0.15) is 44.7 Å². The van der Waals surface area contributed by atoms with Crippen LogP contribution < -0.4 is 5.32 Å². The van der Waals surface area contributed by atoms with Crippen LogP contribution in [0, 0.1) is 6.92 Å². The minimum absolute atomic E-state index is 0.00246. The molecule has 2 aromatic carbocycles. The van der Waals surface area contributed by atoms with Gasteiger partial charge in [0.25, 0.3) is 0 Å². The zero-order valence-electron chi connectivity index (χ0n) is 18.6. The molecular formula is C25H34N2O2S. The fraction of sp³-hybridized carbons (Fsp3) is 0.440. The largest absolute Gasteiger partial charge is 0.352 e. The van der Waals surface area contributed by atoms with Crippen molar-refractivity contribution in [2.75, 3.05) is 12.3 Å². The van der Waals surface area contributed by atoms with Gasteiger partial charge in [0.05, 0.1) is 5.75 Å². The second-order valence-corrected chi connectivity index (χ2v) is 8.72. The molecule has 2 amide bonds. The predicted molar refractivity (Wildman–Crippen MR) is 126 cm³/mol. The van der Waals surface area contributed by atoms with E-state index in [4.69, 9.17) is 0 Å². The molecule has 2 atom stereocenters. The van der Waals surface area contributed by atoms with E-state index in [1.165, 1.54) is 22.9 Å². The highest BCUT2D eigenvalue weighted by molar-refractivity contribution is 8.00. The van der Waals surface area contributed by atoms with Gasteiger partial charge in [-0.25, -0.2) is 0 Å². The summed E-state index contributed by atoms with van der Waals surface area (Å²) >= 11 is 1.52. The molecule has 30 heavy (non-hydrogen) atoms. The molecule has 0 aliphatic carbocycles. The third kappa shape index (κ3) is 7.52. The molecule has 0 spiro atoms. The van der Waals surface area contributed by atoms with Crippen molar-refractivity contribution in [3.63, 3.8) is 0 Å². The van der Waals surface area contributed by atoms with Gasteiger partial charge < -0.3 is 10.2 Å². The number of carbonyl (C=O) groups is 2. The summed E-state index contributed by atoms with van der Waals surface area (Å²) in [5.41, 5.74) is 2.36. The standard InChI is InChI=1S/C25H34N2O2S/c1-5-20(4)26-25(29)23(6-2)27(17-16-21-10-8-7-9-11-21)24(28)18-30-22-14-12-19(3)13-15-22/h7-15,20,23H,5-6,16-18H2,1-4H3,(H,26,29)/t20-,23-/m1/s1. The van der Waals surface area contributed by atoms with Gasteiger partial charge in [0, 0.05) is 17.5 Å². The third-order valence-electron chi connectivity index (χ3n) is 5.25. The van der Waals surface area contributed by atoms with Gasteiger partial charge in [0.1, 0.15) is 6.04 Å². The molecule has 0 unspecified atom stereocenters. The van der Waals surface area contributed by atoms with Crippen molar-refractivity contribution in [2.24, 2.45) is 0 Å². The molecule has 0 aromatic heterocycles. The number of hydrogen-bond acceptors (Lipinski definition) is 3. The maximum absolute atomic E-state index is 13.2. The Balaban J connectivity index is 2.11.